The molecule has 1 spiro atoms. The van der Waals surface area contributed by atoms with Crippen molar-refractivity contribution in [3.05, 3.63) is 70.0 Å². The highest BCUT2D eigenvalue weighted by Crippen LogP contribution is 2.53. The molecule has 0 radical (unpaired) electrons. The summed E-state index contributed by atoms with van der Waals surface area (Å²) >= 11 is 1.30. The number of benzene rings is 1. The molecule has 5 heterocycles. The summed E-state index contributed by atoms with van der Waals surface area (Å²) in [6, 6.07) is 8.19. The third-order valence-electron chi connectivity index (χ3n) is 14.0. The first kappa shape index (κ1) is 43.1. The summed E-state index contributed by atoms with van der Waals surface area (Å²) in [4.78, 5) is 71.8. The number of hydrogen-bond donors (Lipinski definition) is 4. The van der Waals surface area contributed by atoms with Crippen LogP contribution in [0.4, 0.5) is 24.5 Å². The summed E-state index contributed by atoms with van der Waals surface area (Å²) in [5, 5.41) is 24.3. The van der Waals surface area contributed by atoms with Gasteiger partial charge >= 0.3 is 6.18 Å². The van der Waals surface area contributed by atoms with Gasteiger partial charge in [0.1, 0.15) is 22.9 Å². The van der Waals surface area contributed by atoms with Crippen LogP contribution in [0.25, 0.3) is 10.2 Å². The number of nitrogens with zero attached hydrogens (tertiary/aromatic N) is 5. The molecule has 3 aliphatic carbocycles. The zero-order valence-electron chi connectivity index (χ0n) is 35.4. The number of amides is 5. The SMILES string of the molecule is CN(CC1CCC(n2cc3sc(C(C)(C)O)c(NC(=O)c4cccc(C(F)(F)F)n4)c3n2)CC1)C1CCC2(CC1)CC(Nc1cccc3c1C(=O)N(C1CCC(=O)NC1=O)C3=O)C2. The molecule has 1 atom stereocenters. The summed E-state index contributed by atoms with van der Waals surface area (Å²) in [6.07, 6.45) is 7.84. The quantitative estimate of drug-likeness (QED) is 0.119. The Hall–Kier alpha value is -5.20. The number of hydrogen-bond acceptors (Lipinski definition) is 11. The fourth-order valence-corrected chi connectivity index (χ4v) is 11.8. The second-order valence-corrected chi connectivity index (χ2v) is 19.9. The average Bonchev–Trinajstić information content (AvgIpc) is 3.88. The Balaban J connectivity index is 0.761. The molecule has 1 aromatic carbocycles. The molecule has 4 N–H and O–H groups in total. The normalized spacial score (nSPS) is 26.6. The topological polar surface area (TPSA) is 179 Å². The molecule has 9 rings (SSSR count). The van der Waals surface area contributed by atoms with E-state index in [0.29, 0.717) is 33.6 Å². The van der Waals surface area contributed by atoms with Crippen LogP contribution >= 0.6 is 11.3 Å². The van der Waals surface area contributed by atoms with Crippen LogP contribution in [0, 0.1) is 11.3 Å². The predicted octanol–water partition coefficient (Wildman–Crippen LogP) is 7.26. The summed E-state index contributed by atoms with van der Waals surface area (Å²) in [7, 11) is 2.23. The highest BCUT2D eigenvalue weighted by molar-refractivity contribution is 7.19. The number of thiophene rings is 1. The van der Waals surface area contributed by atoms with Crippen molar-refractivity contribution in [2.24, 2.45) is 11.3 Å². The fraction of sp³-hybridized carbons (Fsp3) is 0.533. The molecule has 18 heteroatoms. The minimum absolute atomic E-state index is 0.0740. The van der Waals surface area contributed by atoms with Crippen molar-refractivity contribution < 1.29 is 42.3 Å². The lowest BCUT2D eigenvalue weighted by molar-refractivity contribution is -0.141. The number of carbonyl (C=O) groups is 5. The zero-order chi connectivity index (χ0) is 44.6. The van der Waals surface area contributed by atoms with Crippen LogP contribution in [0.1, 0.15) is 139 Å². The van der Waals surface area contributed by atoms with Crippen molar-refractivity contribution in [1.29, 1.82) is 0 Å². The van der Waals surface area contributed by atoms with Gasteiger partial charge in [0.2, 0.25) is 11.8 Å². The number of pyridine rings is 1. The molecule has 4 fully saturated rings. The number of alkyl halides is 3. The lowest BCUT2D eigenvalue weighted by atomic mass is 9.57. The van der Waals surface area contributed by atoms with Crippen LogP contribution in [-0.2, 0) is 21.4 Å². The van der Waals surface area contributed by atoms with Gasteiger partial charge in [-0.3, -0.25) is 38.9 Å². The third kappa shape index (κ3) is 8.25. The van der Waals surface area contributed by atoms with Crippen molar-refractivity contribution in [2.45, 2.75) is 127 Å². The van der Waals surface area contributed by atoms with Crippen molar-refractivity contribution in [3.8, 4) is 0 Å². The summed E-state index contributed by atoms with van der Waals surface area (Å²) < 4.78 is 42.7. The summed E-state index contributed by atoms with van der Waals surface area (Å²) in [5.41, 5.74) is -0.691. The van der Waals surface area contributed by atoms with E-state index >= 15 is 0 Å². The largest absolute Gasteiger partial charge is 0.433 e. The van der Waals surface area contributed by atoms with E-state index in [1.165, 1.54) is 17.4 Å². The number of piperidine rings is 1. The number of aliphatic hydroxyl groups is 1. The Morgan fingerprint density at radius 3 is 2.38 bits per heavy atom. The lowest BCUT2D eigenvalue weighted by Crippen LogP contribution is -2.54. The van der Waals surface area contributed by atoms with Crippen molar-refractivity contribution in [3.63, 3.8) is 0 Å². The molecule has 1 saturated heterocycles. The molecule has 0 bridgehead atoms. The number of rotatable bonds is 10. The molecule has 4 aromatic rings. The van der Waals surface area contributed by atoms with Crippen LogP contribution in [0.2, 0.25) is 0 Å². The molecule has 14 nitrogen and oxygen atoms in total. The number of nitrogens with one attached hydrogen (secondary N) is 3. The summed E-state index contributed by atoms with van der Waals surface area (Å²) in [5.74, 6) is -2.31. The Morgan fingerprint density at radius 1 is 0.984 bits per heavy atom. The van der Waals surface area contributed by atoms with Gasteiger partial charge in [0.25, 0.3) is 17.7 Å². The lowest BCUT2D eigenvalue weighted by Gasteiger charge is -2.53. The third-order valence-corrected chi connectivity index (χ3v) is 15.4. The van der Waals surface area contributed by atoms with Crippen molar-refractivity contribution in [1.82, 2.24) is 29.9 Å². The van der Waals surface area contributed by atoms with E-state index in [9.17, 15) is 42.3 Å². The van der Waals surface area contributed by atoms with Gasteiger partial charge in [0.15, 0.2) is 0 Å². The maximum Gasteiger partial charge on any atom is 0.433 e. The molecule has 3 aromatic heterocycles. The molecule has 3 saturated carbocycles. The van der Waals surface area contributed by atoms with Crippen molar-refractivity contribution >= 4 is 62.5 Å². The zero-order valence-corrected chi connectivity index (χ0v) is 36.2. The number of anilines is 2. The van der Waals surface area contributed by atoms with Crippen LogP contribution in [0.15, 0.2) is 42.6 Å². The fourth-order valence-electron chi connectivity index (χ4n) is 10.7. The average molecular weight is 889 g/mol. The number of halogens is 3. The van der Waals surface area contributed by atoms with Gasteiger partial charge in [0, 0.05) is 36.9 Å². The Bertz CT molecular complexity index is 2490. The molecule has 1 unspecified atom stereocenters. The van der Waals surface area contributed by atoms with Crippen LogP contribution in [0.3, 0.4) is 0 Å². The van der Waals surface area contributed by atoms with Gasteiger partial charge in [0.05, 0.1) is 38.0 Å². The van der Waals surface area contributed by atoms with E-state index in [4.69, 9.17) is 5.10 Å². The highest BCUT2D eigenvalue weighted by atomic mass is 32.1. The van der Waals surface area contributed by atoms with E-state index in [-0.39, 0.29) is 47.3 Å². The van der Waals surface area contributed by atoms with Gasteiger partial charge in [-0.25, -0.2) is 4.98 Å². The maximum absolute atomic E-state index is 13.6. The van der Waals surface area contributed by atoms with Gasteiger partial charge in [-0.1, -0.05) is 12.1 Å². The molecular formula is C45H51F3N8O6S. The summed E-state index contributed by atoms with van der Waals surface area (Å²) in [6.45, 7) is 4.19. The van der Waals surface area contributed by atoms with Gasteiger partial charge in [-0.05, 0) is 127 Å². The molecule has 2 aliphatic heterocycles. The number of aromatic nitrogens is 3. The predicted molar refractivity (Wildman–Crippen MR) is 228 cm³/mol. The standard InChI is InChI=1S/C45H51F3N8O6S/c1-43(2,62)38-37(52-39(58)30-8-5-9-33(50-30)45(46,47)48)36-32(63-38)23-55(53-36)27-12-10-24(11-13-27)22-54(3)26-16-18-44(19-17-26)20-25(21-44)49-29-7-4-6-28-35(29)42(61)56(41(28)60)31-14-15-34(57)51-40(31)59/h4-9,23-27,31,49,62H,10-22H2,1-3H3,(H,52,58)(H,51,57,59). The van der Waals surface area contributed by atoms with E-state index in [1.807, 2.05) is 16.9 Å². The number of fused-ring (bicyclic) bond motifs is 2. The molecule has 5 amide bonds. The van der Waals surface area contributed by atoms with E-state index in [0.717, 1.165) is 92.5 Å². The first-order valence-corrected chi connectivity index (χ1v) is 22.6. The van der Waals surface area contributed by atoms with Gasteiger partial charge in [-0.2, -0.15) is 18.3 Å². The Kier molecular flexibility index (Phi) is 11.0. The Morgan fingerprint density at radius 2 is 1.70 bits per heavy atom. The van der Waals surface area contributed by atoms with E-state index in [2.05, 4.69) is 32.9 Å². The minimum atomic E-state index is -4.70. The van der Waals surface area contributed by atoms with E-state index in [1.54, 1.807) is 26.0 Å². The van der Waals surface area contributed by atoms with Crippen LogP contribution < -0.4 is 16.0 Å². The molecule has 5 aliphatic rings. The van der Waals surface area contributed by atoms with Gasteiger partial charge < -0.3 is 20.6 Å². The first-order valence-electron chi connectivity index (χ1n) is 21.8. The first-order chi connectivity index (χ1) is 29.9. The molecule has 334 valence electrons. The van der Waals surface area contributed by atoms with E-state index < -0.39 is 53.0 Å². The van der Waals surface area contributed by atoms with Crippen molar-refractivity contribution in [2.75, 3.05) is 24.2 Å². The highest BCUT2D eigenvalue weighted by Gasteiger charge is 2.49. The number of imide groups is 2. The second kappa shape index (κ2) is 16.1. The maximum atomic E-state index is 13.6. The van der Waals surface area contributed by atoms with Crippen LogP contribution in [-0.4, -0.2) is 90.9 Å². The van der Waals surface area contributed by atoms with Gasteiger partial charge in [-0.15, -0.1) is 11.3 Å². The monoisotopic (exact) mass is 888 g/mol. The second-order valence-electron chi connectivity index (χ2n) is 18.8. The molecule has 63 heavy (non-hydrogen) atoms. The number of carbonyl (C=O) groups excluding carboxylic acids is 5. The minimum Gasteiger partial charge on any atom is -0.385 e. The molecular weight excluding hydrogens is 838 g/mol. The Labute approximate surface area is 366 Å². The smallest absolute Gasteiger partial charge is 0.385 e. The van der Waals surface area contributed by atoms with Crippen LogP contribution in [0.5, 0.6) is 0 Å².